The molecular weight excluding hydrogens is 276 g/mol. The van der Waals surface area contributed by atoms with Crippen LogP contribution in [0.4, 0.5) is 0 Å². The molecule has 0 saturated heterocycles. The molecule has 0 spiro atoms. The summed E-state index contributed by atoms with van der Waals surface area (Å²) in [5.41, 5.74) is 0. The minimum atomic E-state index is -1.29. The molecule has 3 atom stereocenters. The van der Waals surface area contributed by atoms with E-state index in [1.165, 1.54) is 6.92 Å². The predicted octanol–water partition coefficient (Wildman–Crippen LogP) is 1.15. The van der Waals surface area contributed by atoms with Crippen molar-refractivity contribution >= 4 is 0 Å². The standard InChI is InChI=1S/C15H32O6/c1-13(17)11-20-10-6-4-8-14(18)7-3-5-9-15(2,19)21-12-16/h13-14,16-19H,3-12H2,1-2H3. The van der Waals surface area contributed by atoms with Gasteiger partial charge in [0.05, 0.1) is 18.8 Å². The largest absolute Gasteiger partial charge is 0.393 e. The molecule has 0 amide bonds. The van der Waals surface area contributed by atoms with Gasteiger partial charge in [-0.05, 0) is 46.0 Å². The summed E-state index contributed by atoms with van der Waals surface area (Å²) in [6.07, 6.45) is 4.44. The molecule has 3 unspecified atom stereocenters. The van der Waals surface area contributed by atoms with Crippen LogP contribution < -0.4 is 0 Å². The maximum atomic E-state index is 9.81. The van der Waals surface area contributed by atoms with E-state index in [0.717, 1.165) is 32.1 Å². The predicted molar refractivity (Wildman–Crippen MR) is 79.6 cm³/mol. The lowest BCUT2D eigenvalue weighted by Crippen LogP contribution is -2.28. The van der Waals surface area contributed by atoms with Crippen molar-refractivity contribution in [2.24, 2.45) is 0 Å². The Bertz CT molecular complexity index is 232. The van der Waals surface area contributed by atoms with Crippen molar-refractivity contribution in [3.8, 4) is 0 Å². The Morgan fingerprint density at radius 1 is 1.05 bits per heavy atom. The van der Waals surface area contributed by atoms with Crippen LogP contribution in [-0.4, -0.2) is 58.4 Å². The number of rotatable bonds is 14. The summed E-state index contributed by atoms with van der Waals surface area (Å²) in [5, 5.41) is 37.1. The maximum absolute atomic E-state index is 9.81. The van der Waals surface area contributed by atoms with Gasteiger partial charge in [0.2, 0.25) is 0 Å². The lowest BCUT2D eigenvalue weighted by atomic mass is 10.0. The summed E-state index contributed by atoms with van der Waals surface area (Å²) in [6.45, 7) is 3.68. The van der Waals surface area contributed by atoms with Crippen molar-refractivity contribution in [1.82, 2.24) is 0 Å². The lowest BCUT2D eigenvalue weighted by molar-refractivity contribution is -0.229. The molecule has 0 saturated carbocycles. The Hall–Kier alpha value is -0.240. The molecule has 0 aromatic carbocycles. The first-order chi connectivity index (χ1) is 9.87. The van der Waals surface area contributed by atoms with Gasteiger partial charge in [-0.25, -0.2) is 0 Å². The van der Waals surface area contributed by atoms with Gasteiger partial charge in [-0.15, -0.1) is 0 Å². The third kappa shape index (κ3) is 14.5. The Morgan fingerprint density at radius 3 is 2.24 bits per heavy atom. The van der Waals surface area contributed by atoms with E-state index in [1.54, 1.807) is 6.92 Å². The second kappa shape index (κ2) is 12.3. The average molecular weight is 308 g/mol. The molecule has 128 valence electrons. The Kier molecular flexibility index (Phi) is 12.2. The molecule has 0 aromatic heterocycles. The summed E-state index contributed by atoms with van der Waals surface area (Å²) in [5.74, 6) is -1.29. The first kappa shape index (κ1) is 20.8. The van der Waals surface area contributed by atoms with Crippen molar-refractivity contribution in [3.63, 3.8) is 0 Å². The van der Waals surface area contributed by atoms with Crippen LogP contribution in [0.5, 0.6) is 0 Å². The normalized spacial score (nSPS) is 17.4. The molecular formula is C15H32O6. The molecule has 0 heterocycles. The number of hydrogen-bond acceptors (Lipinski definition) is 6. The van der Waals surface area contributed by atoms with Crippen molar-refractivity contribution < 1.29 is 29.9 Å². The highest BCUT2D eigenvalue weighted by Gasteiger charge is 2.19. The fourth-order valence-electron chi connectivity index (χ4n) is 2.03. The Labute approximate surface area is 127 Å². The van der Waals surface area contributed by atoms with Gasteiger partial charge >= 0.3 is 0 Å². The molecule has 4 N–H and O–H groups in total. The summed E-state index contributed by atoms with van der Waals surface area (Å²) < 4.78 is 10.0. The zero-order valence-corrected chi connectivity index (χ0v) is 13.3. The van der Waals surface area contributed by atoms with Crippen LogP contribution in [0, 0.1) is 0 Å². The van der Waals surface area contributed by atoms with E-state index < -0.39 is 18.7 Å². The van der Waals surface area contributed by atoms with Gasteiger partial charge in [0.1, 0.15) is 6.79 Å². The quantitative estimate of drug-likeness (QED) is 0.284. The molecule has 0 aliphatic heterocycles. The second-order valence-corrected chi connectivity index (χ2v) is 5.77. The molecule has 0 fully saturated rings. The van der Waals surface area contributed by atoms with Gasteiger partial charge in [0.25, 0.3) is 0 Å². The van der Waals surface area contributed by atoms with Gasteiger partial charge in [-0.3, -0.25) is 0 Å². The van der Waals surface area contributed by atoms with Gasteiger partial charge in [0.15, 0.2) is 5.79 Å². The summed E-state index contributed by atoms with van der Waals surface area (Å²) in [4.78, 5) is 0. The molecule has 0 rings (SSSR count). The number of hydrogen-bond donors (Lipinski definition) is 4. The first-order valence-electron chi connectivity index (χ1n) is 7.78. The lowest BCUT2D eigenvalue weighted by Gasteiger charge is -2.22. The van der Waals surface area contributed by atoms with Crippen LogP contribution in [-0.2, 0) is 9.47 Å². The van der Waals surface area contributed by atoms with Crippen LogP contribution in [0.2, 0.25) is 0 Å². The van der Waals surface area contributed by atoms with Crippen molar-refractivity contribution in [3.05, 3.63) is 0 Å². The smallest absolute Gasteiger partial charge is 0.165 e. The number of unbranched alkanes of at least 4 members (excludes halogenated alkanes) is 2. The van der Waals surface area contributed by atoms with Crippen LogP contribution >= 0.6 is 0 Å². The molecule has 0 bridgehead atoms. The van der Waals surface area contributed by atoms with E-state index in [2.05, 4.69) is 0 Å². The van der Waals surface area contributed by atoms with Gasteiger partial charge in [-0.1, -0.05) is 6.42 Å². The van der Waals surface area contributed by atoms with E-state index in [9.17, 15) is 10.2 Å². The average Bonchev–Trinajstić information content (AvgIpc) is 2.38. The van der Waals surface area contributed by atoms with Crippen molar-refractivity contribution in [1.29, 1.82) is 0 Å². The summed E-state index contributed by atoms with van der Waals surface area (Å²) >= 11 is 0. The van der Waals surface area contributed by atoms with E-state index in [-0.39, 0.29) is 6.10 Å². The third-order valence-electron chi connectivity index (χ3n) is 3.24. The van der Waals surface area contributed by atoms with E-state index in [1.807, 2.05) is 0 Å². The topological polar surface area (TPSA) is 99.4 Å². The molecule has 6 nitrogen and oxygen atoms in total. The van der Waals surface area contributed by atoms with Crippen molar-refractivity contribution in [2.75, 3.05) is 20.0 Å². The molecule has 0 aliphatic carbocycles. The van der Waals surface area contributed by atoms with Crippen LogP contribution in [0.25, 0.3) is 0 Å². The second-order valence-electron chi connectivity index (χ2n) is 5.77. The van der Waals surface area contributed by atoms with E-state index in [4.69, 9.17) is 19.7 Å². The number of aliphatic hydroxyl groups excluding tert-OH is 3. The molecule has 0 aliphatic rings. The Morgan fingerprint density at radius 2 is 1.67 bits per heavy atom. The van der Waals surface area contributed by atoms with Gasteiger partial charge in [0, 0.05) is 13.0 Å². The highest BCUT2D eigenvalue weighted by molar-refractivity contribution is 4.62. The maximum Gasteiger partial charge on any atom is 0.165 e. The van der Waals surface area contributed by atoms with Gasteiger partial charge in [-0.2, -0.15) is 0 Å². The van der Waals surface area contributed by atoms with E-state index >= 15 is 0 Å². The summed E-state index contributed by atoms with van der Waals surface area (Å²) in [6, 6.07) is 0. The van der Waals surface area contributed by atoms with Crippen molar-refractivity contribution in [2.45, 2.75) is 76.8 Å². The minimum Gasteiger partial charge on any atom is -0.393 e. The molecule has 0 radical (unpaired) electrons. The Balaban J connectivity index is 3.40. The number of ether oxygens (including phenoxy) is 2. The third-order valence-corrected chi connectivity index (χ3v) is 3.24. The fraction of sp³-hybridized carbons (Fsp3) is 1.00. The highest BCUT2D eigenvalue weighted by Crippen LogP contribution is 2.17. The molecule has 21 heavy (non-hydrogen) atoms. The van der Waals surface area contributed by atoms with Crippen LogP contribution in [0.3, 0.4) is 0 Å². The van der Waals surface area contributed by atoms with Gasteiger partial charge < -0.3 is 29.9 Å². The molecule has 6 heteroatoms. The summed E-state index contributed by atoms with van der Waals surface area (Å²) in [7, 11) is 0. The van der Waals surface area contributed by atoms with Crippen LogP contribution in [0.15, 0.2) is 0 Å². The highest BCUT2D eigenvalue weighted by atomic mass is 16.7. The zero-order chi connectivity index (χ0) is 16.1. The SMILES string of the molecule is CC(O)COCCCCC(O)CCCCC(C)(O)OCO. The van der Waals surface area contributed by atoms with Crippen LogP contribution in [0.1, 0.15) is 58.8 Å². The monoisotopic (exact) mass is 308 g/mol. The first-order valence-corrected chi connectivity index (χ1v) is 7.78. The van der Waals surface area contributed by atoms with E-state index in [0.29, 0.717) is 26.1 Å². The number of aliphatic hydroxyl groups is 4. The minimum absolute atomic E-state index is 0.328. The molecule has 0 aromatic rings. The fourth-order valence-corrected chi connectivity index (χ4v) is 2.03. The zero-order valence-electron chi connectivity index (χ0n) is 13.3.